The van der Waals surface area contributed by atoms with Gasteiger partial charge in [-0.2, -0.15) is 0 Å². The molecule has 0 fully saturated rings. The van der Waals surface area contributed by atoms with Crippen LogP contribution in [-0.2, 0) is 0 Å². The second kappa shape index (κ2) is 6.55. The first-order chi connectivity index (χ1) is 10.0. The van der Waals surface area contributed by atoms with Crippen molar-refractivity contribution < 1.29 is 10.1 Å². The SMILES string of the molecule is NC(=NO)c1cc([N+](=O)[O-])ccc1Sc1ccc(Br)cn1. The maximum atomic E-state index is 10.8. The molecular formula is C12H9BrN4O3S. The predicted molar refractivity (Wildman–Crippen MR) is 81.7 cm³/mol. The molecule has 2 rings (SSSR count). The first-order valence-corrected chi connectivity index (χ1v) is 7.18. The van der Waals surface area contributed by atoms with Crippen LogP contribution in [0.15, 0.2) is 56.1 Å². The Labute approximate surface area is 132 Å². The van der Waals surface area contributed by atoms with Gasteiger partial charge >= 0.3 is 0 Å². The normalized spacial score (nSPS) is 11.4. The molecule has 3 N–H and O–H groups in total. The highest BCUT2D eigenvalue weighted by Gasteiger charge is 2.15. The molecule has 21 heavy (non-hydrogen) atoms. The Kier molecular flexibility index (Phi) is 4.76. The zero-order valence-corrected chi connectivity index (χ0v) is 12.8. The Bertz CT molecular complexity index is 706. The molecule has 0 aliphatic heterocycles. The number of halogens is 1. The molecule has 9 heteroatoms. The highest BCUT2D eigenvalue weighted by molar-refractivity contribution is 9.10. The van der Waals surface area contributed by atoms with Crippen molar-refractivity contribution in [2.24, 2.45) is 10.9 Å². The second-order valence-corrected chi connectivity index (χ2v) is 5.82. The fourth-order valence-corrected chi connectivity index (χ4v) is 2.62. The summed E-state index contributed by atoms with van der Waals surface area (Å²) >= 11 is 4.55. The first kappa shape index (κ1) is 15.3. The van der Waals surface area contributed by atoms with Crippen LogP contribution in [-0.4, -0.2) is 21.0 Å². The quantitative estimate of drug-likeness (QED) is 0.282. The minimum Gasteiger partial charge on any atom is -0.409 e. The molecule has 0 amide bonds. The van der Waals surface area contributed by atoms with Crippen LogP contribution in [0.3, 0.4) is 0 Å². The van der Waals surface area contributed by atoms with Gasteiger partial charge in [-0.3, -0.25) is 10.1 Å². The lowest BCUT2D eigenvalue weighted by Gasteiger charge is -2.07. The van der Waals surface area contributed by atoms with Crippen LogP contribution in [0.1, 0.15) is 5.56 Å². The van der Waals surface area contributed by atoms with Gasteiger partial charge in [0.05, 0.1) is 4.92 Å². The van der Waals surface area contributed by atoms with Gasteiger partial charge in [-0.15, -0.1) is 0 Å². The molecule has 1 aromatic heterocycles. The lowest BCUT2D eigenvalue weighted by Crippen LogP contribution is -2.14. The molecule has 0 radical (unpaired) electrons. The highest BCUT2D eigenvalue weighted by Crippen LogP contribution is 2.31. The fourth-order valence-electron chi connectivity index (χ4n) is 1.51. The molecule has 0 saturated carbocycles. The van der Waals surface area contributed by atoms with Gasteiger partial charge in [-0.25, -0.2) is 4.98 Å². The van der Waals surface area contributed by atoms with Gasteiger partial charge in [0, 0.05) is 33.3 Å². The van der Waals surface area contributed by atoms with E-state index in [0.29, 0.717) is 9.92 Å². The smallest absolute Gasteiger partial charge is 0.270 e. The molecule has 1 heterocycles. The van der Waals surface area contributed by atoms with Crippen LogP contribution in [0, 0.1) is 10.1 Å². The van der Waals surface area contributed by atoms with Gasteiger partial charge < -0.3 is 10.9 Å². The number of pyridine rings is 1. The van der Waals surface area contributed by atoms with Crippen LogP contribution in [0.4, 0.5) is 5.69 Å². The van der Waals surface area contributed by atoms with Crippen molar-refractivity contribution in [1.29, 1.82) is 0 Å². The van der Waals surface area contributed by atoms with Gasteiger partial charge in [0.2, 0.25) is 0 Å². The molecule has 1 aromatic carbocycles. The van der Waals surface area contributed by atoms with Crippen molar-refractivity contribution in [3.05, 3.63) is 56.7 Å². The van der Waals surface area contributed by atoms with Gasteiger partial charge in [0.1, 0.15) is 5.03 Å². The number of non-ortho nitro benzene ring substituents is 1. The third-order valence-corrected chi connectivity index (χ3v) is 3.97. The van der Waals surface area contributed by atoms with E-state index in [1.165, 1.54) is 23.9 Å². The minimum absolute atomic E-state index is 0.135. The Morgan fingerprint density at radius 3 is 2.76 bits per heavy atom. The fraction of sp³-hybridized carbons (Fsp3) is 0. The maximum absolute atomic E-state index is 10.8. The summed E-state index contributed by atoms with van der Waals surface area (Å²) in [4.78, 5) is 15.1. The minimum atomic E-state index is -0.541. The van der Waals surface area contributed by atoms with E-state index in [-0.39, 0.29) is 17.1 Å². The van der Waals surface area contributed by atoms with E-state index in [1.807, 2.05) is 6.07 Å². The largest absolute Gasteiger partial charge is 0.409 e. The first-order valence-electron chi connectivity index (χ1n) is 5.57. The van der Waals surface area contributed by atoms with Crippen molar-refractivity contribution in [1.82, 2.24) is 4.98 Å². The number of nitro benzene ring substituents is 1. The predicted octanol–water partition coefficient (Wildman–Crippen LogP) is 3.00. The summed E-state index contributed by atoms with van der Waals surface area (Å²) in [6, 6.07) is 7.77. The number of aromatic nitrogens is 1. The lowest BCUT2D eigenvalue weighted by molar-refractivity contribution is -0.384. The van der Waals surface area contributed by atoms with Crippen molar-refractivity contribution in [2.75, 3.05) is 0 Å². The van der Waals surface area contributed by atoms with Gasteiger partial charge in [0.25, 0.3) is 5.69 Å². The topological polar surface area (TPSA) is 115 Å². The summed E-state index contributed by atoms with van der Waals surface area (Å²) in [6.07, 6.45) is 1.64. The number of oxime groups is 1. The number of amidine groups is 1. The summed E-state index contributed by atoms with van der Waals surface area (Å²) in [5.74, 6) is -0.196. The number of hydrogen-bond acceptors (Lipinski definition) is 6. The van der Waals surface area contributed by atoms with E-state index in [4.69, 9.17) is 10.9 Å². The van der Waals surface area contributed by atoms with Crippen LogP contribution in [0.25, 0.3) is 0 Å². The van der Waals surface area contributed by atoms with Gasteiger partial charge in [0.15, 0.2) is 5.84 Å². The molecule has 0 atom stereocenters. The van der Waals surface area contributed by atoms with Crippen LogP contribution >= 0.6 is 27.7 Å². The maximum Gasteiger partial charge on any atom is 0.270 e. The van der Waals surface area contributed by atoms with Crippen LogP contribution in [0.5, 0.6) is 0 Å². The average Bonchev–Trinajstić information content (AvgIpc) is 2.49. The van der Waals surface area contributed by atoms with E-state index in [2.05, 4.69) is 26.1 Å². The number of benzene rings is 1. The Hall–Kier alpha value is -2.13. The molecule has 0 aliphatic rings. The average molecular weight is 369 g/mol. The molecule has 0 spiro atoms. The van der Waals surface area contributed by atoms with Crippen molar-refractivity contribution in [3.63, 3.8) is 0 Å². The highest BCUT2D eigenvalue weighted by atomic mass is 79.9. The van der Waals surface area contributed by atoms with Gasteiger partial charge in [-0.05, 0) is 34.1 Å². The lowest BCUT2D eigenvalue weighted by atomic mass is 10.2. The monoisotopic (exact) mass is 368 g/mol. The van der Waals surface area contributed by atoms with E-state index >= 15 is 0 Å². The third kappa shape index (κ3) is 3.70. The number of nitrogens with zero attached hydrogens (tertiary/aromatic N) is 3. The van der Waals surface area contributed by atoms with Crippen LogP contribution < -0.4 is 5.73 Å². The number of rotatable bonds is 4. The Morgan fingerprint density at radius 1 is 1.43 bits per heavy atom. The zero-order chi connectivity index (χ0) is 15.4. The molecule has 7 nitrogen and oxygen atoms in total. The summed E-state index contributed by atoms with van der Waals surface area (Å²) in [5.41, 5.74) is 5.72. The molecule has 0 aliphatic carbocycles. The Balaban J connectivity index is 2.42. The number of nitrogens with two attached hydrogens (primary N) is 1. The van der Waals surface area contributed by atoms with Crippen molar-refractivity contribution in [3.8, 4) is 0 Å². The second-order valence-electron chi connectivity index (χ2n) is 3.84. The van der Waals surface area contributed by atoms with E-state index < -0.39 is 4.92 Å². The summed E-state index contributed by atoms with van der Waals surface area (Å²) < 4.78 is 0.840. The molecule has 108 valence electrons. The standard InChI is InChI=1S/C12H9BrN4O3S/c13-7-1-4-11(15-6-7)21-10-3-2-8(17(19)20)5-9(10)12(14)16-18/h1-6,18H,(H2,14,16). The summed E-state index contributed by atoms with van der Waals surface area (Å²) in [5, 5.41) is 23.2. The van der Waals surface area contributed by atoms with Crippen LogP contribution in [0.2, 0.25) is 0 Å². The number of nitro groups is 1. The summed E-state index contributed by atoms with van der Waals surface area (Å²) in [7, 11) is 0. The Morgan fingerprint density at radius 2 is 2.19 bits per heavy atom. The molecular weight excluding hydrogens is 360 g/mol. The molecule has 2 aromatic rings. The molecule has 0 bridgehead atoms. The van der Waals surface area contributed by atoms with E-state index in [9.17, 15) is 10.1 Å². The van der Waals surface area contributed by atoms with Crippen molar-refractivity contribution in [2.45, 2.75) is 9.92 Å². The van der Waals surface area contributed by atoms with Crippen molar-refractivity contribution >= 4 is 39.2 Å². The van der Waals surface area contributed by atoms with E-state index in [0.717, 1.165) is 4.47 Å². The van der Waals surface area contributed by atoms with Gasteiger partial charge in [-0.1, -0.05) is 16.9 Å². The zero-order valence-electron chi connectivity index (χ0n) is 10.4. The number of hydrogen-bond donors (Lipinski definition) is 2. The summed E-state index contributed by atoms with van der Waals surface area (Å²) in [6.45, 7) is 0. The third-order valence-electron chi connectivity index (χ3n) is 2.47. The van der Waals surface area contributed by atoms with E-state index in [1.54, 1.807) is 18.3 Å². The molecule has 0 saturated heterocycles. The molecule has 0 unspecified atom stereocenters.